The highest BCUT2D eigenvalue weighted by Crippen LogP contribution is 2.34. The van der Waals surface area contributed by atoms with E-state index >= 15 is 0 Å². The first-order chi connectivity index (χ1) is 13.2. The molecule has 0 saturated carbocycles. The average Bonchev–Trinajstić information content (AvgIpc) is 2.73. The minimum atomic E-state index is 0.0832. The van der Waals surface area contributed by atoms with Crippen LogP contribution in [-0.4, -0.2) is 39.3 Å². The smallest absolute Gasteiger partial charge is 0.191 e. The molecule has 1 fully saturated rings. The fourth-order valence-corrected chi connectivity index (χ4v) is 3.84. The number of hydrogen-bond acceptors (Lipinski definition) is 2. The van der Waals surface area contributed by atoms with Crippen LogP contribution in [0.15, 0.2) is 59.6 Å². The lowest BCUT2D eigenvalue weighted by Crippen LogP contribution is -2.48. The van der Waals surface area contributed by atoms with Crippen molar-refractivity contribution in [3.05, 3.63) is 70.7 Å². The SMILES string of the molecule is CN=C(NCCc1ccccc1Cl)NCC1(c2ccccc2)CCOCC1. The third-order valence-electron chi connectivity index (χ3n) is 5.30. The van der Waals surface area contributed by atoms with Crippen LogP contribution in [0.4, 0.5) is 0 Å². The number of hydrogen-bond donors (Lipinski definition) is 2. The Kier molecular flexibility index (Phi) is 7.13. The van der Waals surface area contributed by atoms with E-state index in [9.17, 15) is 0 Å². The van der Waals surface area contributed by atoms with Gasteiger partial charge in [0.1, 0.15) is 0 Å². The van der Waals surface area contributed by atoms with Gasteiger partial charge in [0.05, 0.1) is 0 Å². The zero-order valence-electron chi connectivity index (χ0n) is 15.9. The second kappa shape index (κ2) is 9.77. The molecule has 3 rings (SSSR count). The quantitative estimate of drug-likeness (QED) is 0.587. The van der Waals surface area contributed by atoms with E-state index in [0.717, 1.165) is 62.1 Å². The van der Waals surface area contributed by atoms with E-state index < -0.39 is 0 Å². The molecule has 1 aliphatic heterocycles. The van der Waals surface area contributed by atoms with E-state index in [4.69, 9.17) is 16.3 Å². The summed E-state index contributed by atoms with van der Waals surface area (Å²) in [6.07, 6.45) is 2.89. The lowest BCUT2D eigenvalue weighted by molar-refractivity contribution is 0.0514. The summed E-state index contributed by atoms with van der Waals surface area (Å²) in [6, 6.07) is 18.7. The standard InChI is InChI=1S/C22H28ClN3O/c1-24-21(25-14-11-18-7-5-6-10-20(18)23)26-17-22(12-15-27-16-13-22)19-8-3-2-4-9-19/h2-10H,11-17H2,1H3,(H2,24,25,26). The fraction of sp³-hybridized carbons (Fsp3) is 0.409. The Hall–Kier alpha value is -2.04. The van der Waals surface area contributed by atoms with Crippen LogP contribution in [0.2, 0.25) is 5.02 Å². The van der Waals surface area contributed by atoms with Gasteiger partial charge in [-0.25, -0.2) is 0 Å². The Morgan fingerprint density at radius 3 is 2.44 bits per heavy atom. The van der Waals surface area contributed by atoms with Crippen LogP contribution in [0, 0.1) is 0 Å². The van der Waals surface area contributed by atoms with Gasteiger partial charge in [-0.2, -0.15) is 0 Å². The molecule has 2 aromatic rings. The van der Waals surface area contributed by atoms with Crippen LogP contribution >= 0.6 is 11.6 Å². The highest BCUT2D eigenvalue weighted by Gasteiger charge is 2.34. The molecule has 0 aromatic heterocycles. The molecule has 0 spiro atoms. The normalized spacial score (nSPS) is 16.7. The molecule has 1 saturated heterocycles. The maximum Gasteiger partial charge on any atom is 0.191 e. The Bertz CT molecular complexity index is 742. The molecule has 0 atom stereocenters. The lowest BCUT2D eigenvalue weighted by atomic mass is 9.74. The predicted octanol–water partition coefficient (Wildman–Crippen LogP) is 3.80. The van der Waals surface area contributed by atoms with E-state index in [-0.39, 0.29) is 5.41 Å². The van der Waals surface area contributed by atoms with Gasteiger partial charge >= 0.3 is 0 Å². The highest BCUT2D eigenvalue weighted by molar-refractivity contribution is 6.31. The Morgan fingerprint density at radius 2 is 1.74 bits per heavy atom. The van der Waals surface area contributed by atoms with Crippen molar-refractivity contribution in [2.45, 2.75) is 24.7 Å². The van der Waals surface area contributed by atoms with Gasteiger partial charge in [-0.3, -0.25) is 4.99 Å². The van der Waals surface area contributed by atoms with E-state index in [1.807, 2.05) is 25.2 Å². The number of nitrogens with one attached hydrogen (secondary N) is 2. The first kappa shape index (κ1) is 19.7. The third-order valence-corrected chi connectivity index (χ3v) is 5.67. The van der Waals surface area contributed by atoms with Crippen molar-refractivity contribution in [3.63, 3.8) is 0 Å². The topological polar surface area (TPSA) is 45.7 Å². The molecule has 144 valence electrons. The first-order valence-electron chi connectivity index (χ1n) is 9.55. The van der Waals surface area contributed by atoms with Gasteiger partial charge in [0.2, 0.25) is 0 Å². The van der Waals surface area contributed by atoms with Crippen molar-refractivity contribution in [1.29, 1.82) is 0 Å². The molecule has 0 amide bonds. The number of guanidine groups is 1. The number of ether oxygens (including phenoxy) is 1. The molecule has 0 bridgehead atoms. The molecule has 27 heavy (non-hydrogen) atoms. The first-order valence-corrected chi connectivity index (χ1v) is 9.92. The van der Waals surface area contributed by atoms with Crippen LogP contribution in [0.1, 0.15) is 24.0 Å². The van der Waals surface area contributed by atoms with Gasteiger partial charge in [-0.05, 0) is 36.5 Å². The van der Waals surface area contributed by atoms with Gasteiger partial charge in [-0.15, -0.1) is 0 Å². The minimum absolute atomic E-state index is 0.0832. The number of halogens is 1. The Morgan fingerprint density at radius 1 is 1.04 bits per heavy atom. The molecule has 2 aromatic carbocycles. The van der Waals surface area contributed by atoms with Crippen LogP contribution in [0.5, 0.6) is 0 Å². The summed E-state index contributed by atoms with van der Waals surface area (Å²) in [5.41, 5.74) is 2.60. The van der Waals surface area contributed by atoms with Crippen LogP contribution in [-0.2, 0) is 16.6 Å². The third kappa shape index (κ3) is 5.24. The maximum atomic E-state index is 6.24. The van der Waals surface area contributed by atoms with Gasteiger partial charge in [0, 0.05) is 43.8 Å². The zero-order chi connectivity index (χ0) is 19.0. The van der Waals surface area contributed by atoms with E-state index in [1.165, 1.54) is 5.56 Å². The summed E-state index contributed by atoms with van der Waals surface area (Å²) in [4.78, 5) is 4.38. The Balaban J connectivity index is 1.58. The number of aliphatic imine (C=N–C) groups is 1. The van der Waals surface area contributed by atoms with Crippen molar-refractivity contribution in [1.82, 2.24) is 10.6 Å². The van der Waals surface area contributed by atoms with Gasteiger partial charge < -0.3 is 15.4 Å². The minimum Gasteiger partial charge on any atom is -0.381 e. The summed E-state index contributed by atoms with van der Waals surface area (Å²) in [5.74, 6) is 0.823. The molecule has 1 heterocycles. The summed E-state index contributed by atoms with van der Waals surface area (Å²) in [6.45, 7) is 3.22. The van der Waals surface area contributed by atoms with Crippen LogP contribution in [0.3, 0.4) is 0 Å². The number of rotatable bonds is 6. The van der Waals surface area contributed by atoms with Gasteiger partial charge in [0.15, 0.2) is 5.96 Å². The van der Waals surface area contributed by atoms with Crippen molar-refractivity contribution in [2.75, 3.05) is 33.4 Å². The van der Waals surface area contributed by atoms with Crippen LogP contribution in [0.25, 0.3) is 0 Å². The Labute approximate surface area is 167 Å². The molecular weight excluding hydrogens is 358 g/mol. The molecule has 4 nitrogen and oxygen atoms in total. The molecule has 0 aliphatic carbocycles. The summed E-state index contributed by atoms with van der Waals surface area (Å²) in [7, 11) is 1.81. The highest BCUT2D eigenvalue weighted by atomic mass is 35.5. The molecular formula is C22H28ClN3O. The van der Waals surface area contributed by atoms with Crippen LogP contribution < -0.4 is 10.6 Å². The fourth-order valence-electron chi connectivity index (χ4n) is 3.61. The van der Waals surface area contributed by atoms with Gasteiger partial charge in [0.25, 0.3) is 0 Å². The van der Waals surface area contributed by atoms with Crippen molar-refractivity contribution in [2.24, 2.45) is 4.99 Å². The molecule has 5 heteroatoms. The molecule has 1 aliphatic rings. The van der Waals surface area contributed by atoms with E-state index in [2.05, 4.69) is 52.0 Å². The number of nitrogens with zero attached hydrogens (tertiary/aromatic N) is 1. The maximum absolute atomic E-state index is 6.24. The lowest BCUT2D eigenvalue weighted by Gasteiger charge is -2.38. The monoisotopic (exact) mass is 385 g/mol. The number of benzene rings is 2. The van der Waals surface area contributed by atoms with Crippen molar-refractivity contribution >= 4 is 17.6 Å². The molecule has 2 N–H and O–H groups in total. The van der Waals surface area contributed by atoms with Crippen molar-refractivity contribution < 1.29 is 4.74 Å². The average molecular weight is 386 g/mol. The molecule has 0 unspecified atom stereocenters. The van der Waals surface area contributed by atoms with E-state index in [1.54, 1.807) is 0 Å². The largest absolute Gasteiger partial charge is 0.381 e. The van der Waals surface area contributed by atoms with E-state index in [0.29, 0.717) is 0 Å². The second-order valence-electron chi connectivity index (χ2n) is 6.95. The summed E-state index contributed by atoms with van der Waals surface area (Å²) >= 11 is 6.24. The predicted molar refractivity (Wildman–Crippen MR) is 113 cm³/mol. The summed E-state index contributed by atoms with van der Waals surface area (Å²) < 4.78 is 5.62. The molecule has 0 radical (unpaired) electrons. The van der Waals surface area contributed by atoms with Crippen molar-refractivity contribution in [3.8, 4) is 0 Å². The van der Waals surface area contributed by atoms with Gasteiger partial charge in [-0.1, -0.05) is 60.1 Å². The zero-order valence-corrected chi connectivity index (χ0v) is 16.6. The summed E-state index contributed by atoms with van der Waals surface area (Å²) in [5, 5.41) is 7.74. The second-order valence-corrected chi connectivity index (χ2v) is 7.36.